The molecular formula is C14H26O. The quantitative estimate of drug-likeness (QED) is 0.431. The minimum absolute atomic E-state index is 0.873. The van der Waals surface area contributed by atoms with Crippen LogP contribution in [0.15, 0.2) is 11.6 Å². The molecule has 0 spiro atoms. The highest BCUT2D eigenvalue weighted by atomic mass is 16.5. The summed E-state index contributed by atoms with van der Waals surface area (Å²) in [5.74, 6) is 1.89. The summed E-state index contributed by atoms with van der Waals surface area (Å²) < 4.78 is 5.06. The smallest absolute Gasteiger partial charge is 0.0462 e. The largest absolute Gasteiger partial charge is 0.385 e. The van der Waals surface area contributed by atoms with E-state index in [0.717, 1.165) is 18.4 Å². The van der Waals surface area contributed by atoms with Gasteiger partial charge in [0.15, 0.2) is 0 Å². The summed E-state index contributed by atoms with van der Waals surface area (Å²) in [5, 5.41) is 0. The molecule has 0 N–H and O–H groups in total. The average molecular weight is 210 g/mol. The maximum absolute atomic E-state index is 5.06. The fraction of sp³-hybridized carbons (Fsp3) is 0.857. The zero-order valence-electron chi connectivity index (χ0n) is 10.6. The number of hydrogen-bond acceptors (Lipinski definition) is 1. The van der Waals surface area contributed by atoms with E-state index in [0.29, 0.717) is 0 Å². The van der Waals surface area contributed by atoms with E-state index in [4.69, 9.17) is 4.74 Å². The first-order valence-corrected chi connectivity index (χ1v) is 6.38. The molecular weight excluding hydrogens is 184 g/mol. The van der Waals surface area contributed by atoms with Crippen molar-refractivity contribution in [1.29, 1.82) is 0 Å². The van der Waals surface area contributed by atoms with Crippen molar-refractivity contribution in [2.45, 2.75) is 52.4 Å². The van der Waals surface area contributed by atoms with Crippen molar-refractivity contribution in [3.05, 3.63) is 11.6 Å². The van der Waals surface area contributed by atoms with E-state index < -0.39 is 0 Å². The van der Waals surface area contributed by atoms with Gasteiger partial charge in [0, 0.05) is 13.7 Å². The van der Waals surface area contributed by atoms with Crippen LogP contribution in [0.1, 0.15) is 52.4 Å². The first kappa shape index (κ1) is 12.8. The zero-order chi connectivity index (χ0) is 11.1. The fourth-order valence-electron chi connectivity index (χ4n) is 2.21. The van der Waals surface area contributed by atoms with Crippen molar-refractivity contribution >= 4 is 0 Å². The zero-order valence-corrected chi connectivity index (χ0v) is 10.6. The molecule has 0 aromatic rings. The van der Waals surface area contributed by atoms with Crippen molar-refractivity contribution in [2.24, 2.45) is 11.8 Å². The molecule has 1 fully saturated rings. The van der Waals surface area contributed by atoms with Gasteiger partial charge < -0.3 is 4.74 Å². The predicted octanol–water partition coefficient (Wildman–Crippen LogP) is 4.19. The standard InChI is InChI=1S/C14H26O/c1-12(2)11-14(13-8-9-13)7-5-4-6-10-15-3/h11,13-14H,4-10H2,1-3H3. The van der Waals surface area contributed by atoms with Gasteiger partial charge in [-0.25, -0.2) is 0 Å². The molecule has 1 aliphatic rings. The number of rotatable bonds is 8. The fourth-order valence-corrected chi connectivity index (χ4v) is 2.21. The van der Waals surface area contributed by atoms with Crippen LogP contribution in [-0.2, 0) is 4.74 Å². The minimum atomic E-state index is 0.873. The summed E-state index contributed by atoms with van der Waals surface area (Å²) >= 11 is 0. The maximum atomic E-state index is 5.06. The molecule has 15 heavy (non-hydrogen) atoms. The predicted molar refractivity (Wildman–Crippen MR) is 66.0 cm³/mol. The van der Waals surface area contributed by atoms with E-state index in [2.05, 4.69) is 19.9 Å². The van der Waals surface area contributed by atoms with Crippen molar-refractivity contribution in [3.8, 4) is 0 Å². The summed E-state index contributed by atoms with van der Waals surface area (Å²) in [6.45, 7) is 5.37. The Hall–Kier alpha value is -0.300. The van der Waals surface area contributed by atoms with E-state index in [1.54, 1.807) is 7.11 Å². The Kier molecular flexibility index (Phi) is 6.00. The third-order valence-electron chi connectivity index (χ3n) is 3.16. The first-order valence-electron chi connectivity index (χ1n) is 6.38. The summed E-state index contributed by atoms with van der Waals surface area (Å²) in [6, 6.07) is 0. The van der Waals surface area contributed by atoms with E-state index in [1.165, 1.54) is 44.1 Å². The highest BCUT2D eigenvalue weighted by molar-refractivity contribution is 5.02. The Morgan fingerprint density at radius 2 is 2.00 bits per heavy atom. The minimum Gasteiger partial charge on any atom is -0.385 e. The number of methoxy groups -OCH3 is 1. The van der Waals surface area contributed by atoms with Crippen LogP contribution in [0.25, 0.3) is 0 Å². The Bertz CT molecular complexity index is 188. The van der Waals surface area contributed by atoms with Crippen LogP contribution < -0.4 is 0 Å². The Balaban J connectivity index is 2.12. The summed E-state index contributed by atoms with van der Waals surface area (Å²) in [6.07, 6.45) is 10.7. The van der Waals surface area contributed by atoms with Crippen molar-refractivity contribution < 1.29 is 4.74 Å². The molecule has 0 aromatic heterocycles. The van der Waals surface area contributed by atoms with E-state index in [-0.39, 0.29) is 0 Å². The third kappa shape index (κ3) is 5.99. The van der Waals surface area contributed by atoms with E-state index in [1.807, 2.05) is 0 Å². The molecule has 1 aliphatic carbocycles. The molecule has 88 valence electrons. The molecule has 1 unspecified atom stereocenters. The van der Waals surface area contributed by atoms with Gasteiger partial charge in [-0.05, 0) is 51.4 Å². The lowest BCUT2D eigenvalue weighted by atomic mass is 9.94. The van der Waals surface area contributed by atoms with E-state index in [9.17, 15) is 0 Å². The van der Waals surface area contributed by atoms with Gasteiger partial charge in [-0.1, -0.05) is 24.5 Å². The number of hydrogen-bond donors (Lipinski definition) is 0. The van der Waals surface area contributed by atoms with Crippen LogP contribution in [0.3, 0.4) is 0 Å². The molecule has 0 heterocycles. The molecule has 0 aliphatic heterocycles. The molecule has 1 saturated carbocycles. The van der Waals surface area contributed by atoms with Crippen LogP contribution in [0, 0.1) is 11.8 Å². The number of ether oxygens (including phenoxy) is 1. The van der Waals surface area contributed by atoms with Crippen LogP contribution in [0.5, 0.6) is 0 Å². The van der Waals surface area contributed by atoms with Crippen molar-refractivity contribution in [3.63, 3.8) is 0 Å². The van der Waals surface area contributed by atoms with Gasteiger partial charge in [0.05, 0.1) is 0 Å². The topological polar surface area (TPSA) is 9.23 Å². The van der Waals surface area contributed by atoms with Crippen LogP contribution in [0.4, 0.5) is 0 Å². The third-order valence-corrected chi connectivity index (χ3v) is 3.16. The molecule has 0 radical (unpaired) electrons. The normalized spacial score (nSPS) is 17.5. The first-order chi connectivity index (χ1) is 7.24. The molecule has 0 amide bonds. The molecule has 1 rings (SSSR count). The Labute approximate surface area is 94.9 Å². The second-order valence-electron chi connectivity index (χ2n) is 5.09. The van der Waals surface area contributed by atoms with Crippen LogP contribution in [-0.4, -0.2) is 13.7 Å². The average Bonchev–Trinajstić information content (AvgIpc) is 2.98. The maximum Gasteiger partial charge on any atom is 0.0462 e. The monoisotopic (exact) mass is 210 g/mol. The van der Waals surface area contributed by atoms with E-state index >= 15 is 0 Å². The number of unbranched alkanes of at least 4 members (excludes halogenated alkanes) is 2. The van der Waals surface area contributed by atoms with Gasteiger partial charge in [-0.3, -0.25) is 0 Å². The molecule has 1 atom stereocenters. The van der Waals surface area contributed by atoms with Gasteiger partial charge >= 0.3 is 0 Å². The SMILES string of the molecule is COCCCCCC(C=C(C)C)C1CC1. The van der Waals surface area contributed by atoms with Crippen LogP contribution >= 0.6 is 0 Å². The summed E-state index contributed by atoms with van der Waals surface area (Å²) in [4.78, 5) is 0. The molecule has 0 saturated heterocycles. The lowest BCUT2D eigenvalue weighted by Crippen LogP contribution is -2.00. The van der Waals surface area contributed by atoms with Gasteiger partial charge in [0.1, 0.15) is 0 Å². The lowest BCUT2D eigenvalue weighted by molar-refractivity contribution is 0.191. The second kappa shape index (κ2) is 7.05. The summed E-state index contributed by atoms with van der Waals surface area (Å²) in [5.41, 5.74) is 1.49. The Morgan fingerprint density at radius 1 is 1.27 bits per heavy atom. The highest BCUT2D eigenvalue weighted by Crippen LogP contribution is 2.40. The van der Waals surface area contributed by atoms with Crippen molar-refractivity contribution in [2.75, 3.05) is 13.7 Å². The van der Waals surface area contributed by atoms with Gasteiger partial charge in [0.2, 0.25) is 0 Å². The van der Waals surface area contributed by atoms with Crippen molar-refractivity contribution in [1.82, 2.24) is 0 Å². The highest BCUT2D eigenvalue weighted by Gasteiger charge is 2.28. The molecule has 0 aromatic carbocycles. The number of allylic oxidation sites excluding steroid dienone is 2. The summed E-state index contributed by atoms with van der Waals surface area (Å²) in [7, 11) is 1.79. The second-order valence-corrected chi connectivity index (χ2v) is 5.09. The molecule has 1 nitrogen and oxygen atoms in total. The molecule has 0 bridgehead atoms. The Morgan fingerprint density at radius 3 is 2.53 bits per heavy atom. The van der Waals surface area contributed by atoms with Gasteiger partial charge in [0.25, 0.3) is 0 Å². The lowest BCUT2D eigenvalue weighted by Gasteiger charge is -2.12. The molecule has 1 heteroatoms. The van der Waals surface area contributed by atoms with Gasteiger partial charge in [-0.15, -0.1) is 0 Å². The van der Waals surface area contributed by atoms with Gasteiger partial charge in [-0.2, -0.15) is 0 Å². The van der Waals surface area contributed by atoms with Crippen LogP contribution in [0.2, 0.25) is 0 Å².